The van der Waals surface area contributed by atoms with Crippen LogP contribution in [0.25, 0.3) is 17.2 Å². The maximum Gasteiger partial charge on any atom is 0.191 e. The number of methoxy groups -OCH3 is 1. The molecule has 0 radical (unpaired) electrons. The van der Waals surface area contributed by atoms with Crippen LogP contribution < -0.4 is 4.74 Å². The Morgan fingerprint density at radius 1 is 1.16 bits per heavy atom. The molecule has 0 N–H and O–H groups in total. The maximum atomic E-state index is 13.0. The molecule has 0 spiro atoms. The fraction of sp³-hybridized carbons (Fsp3) is 0.273. The number of aromatic nitrogens is 5. The van der Waals surface area contributed by atoms with Crippen molar-refractivity contribution in [3.63, 3.8) is 0 Å². The van der Waals surface area contributed by atoms with Gasteiger partial charge < -0.3 is 13.8 Å². The lowest BCUT2D eigenvalue weighted by atomic mass is 10.2. The van der Waals surface area contributed by atoms with Crippen molar-refractivity contribution in [2.24, 2.45) is 7.05 Å². The SMILES string of the molecule is COc1ccccc1-c1nnc(SCC(=O)c2cc(C)n(-c3cc(C)on3)c2C)n1C. The van der Waals surface area contributed by atoms with Crippen LogP contribution in [0.2, 0.25) is 0 Å². The van der Waals surface area contributed by atoms with Gasteiger partial charge in [-0.25, -0.2) is 0 Å². The van der Waals surface area contributed by atoms with E-state index in [1.807, 2.05) is 73.4 Å². The monoisotopic (exact) mass is 437 g/mol. The van der Waals surface area contributed by atoms with E-state index in [-0.39, 0.29) is 11.5 Å². The van der Waals surface area contributed by atoms with Gasteiger partial charge in [0.1, 0.15) is 11.5 Å². The number of carbonyl (C=O) groups is 1. The summed E-state index contributed by atoms with van der Waals surface area (Å²) in [6.45, 7) is 5.70. The van der Waals surface area contributed by atoms with E-state index in [9.17, 15) is 4.79 Å². The number of carbonyl (C=O) groups excluding carboxylic acids is 1. The number of rotatable bonds is 7. The summed E-state index contributed by atoms with van der Waals surface area (Å²) in [4.78, 5) is 13.0. The van der Waals surface area contributed by atoms with Gasteiger partial charge in [-0.05, 0) is 39.0 Å². The molecule has 0 amide bonds. The molecule has 0 fully saturated rings. The van der Waals surface area contributed by atoms with Crippen LogP contribution in [0.5, 0.6) is 5.75 Å². The largest absolute Gasteiger partial charge is 0.496 e. The molecule has 31 heavy (non-hydrogen) atoms. The van der Waals surface area contributed by atoms with E-state index in [0.29, 0.717) is 22.4 Å². The lowest BCUT2D eigenvalue weighted by Gasteiger charge is -2.08. The highest BCUT2D eigenvalue weighted by Crippen LogP contribution is 2.30. The summed E-state index contributed by atoms with van der Waals surface area (Å²) >= 11 is 1.36. The molecule has 4 rings (SSSR count). The normalized spacial score (nSPS) is 11.1. The molecule has 0 aliphatic carbocycles. The van der Waals surface area contributed by atoms with E-state index >= 15 is 0 Å². The summed E-state index contributed by atoms with van der Waals surface area (Å²) in [6, 6.07) is 11.4. The standard InChI is InChI=1S/C22H23N5O3S/c1-13-10-17(15(3)27(13)20-11-14(2)30-25-20)18(28)12-31-22-24-23-21(26(22)4)16-8-6-7-9-19(16)29-5/h6-11H,12H2,1-5H3. The minimum absolute atomic E-state index is 0.0198. The summed E-state index contributed by atoms with van der Waals surface area (Å²) < 4.78 is 14.4. The van der Waals surface area contributed by atoms with Crippen molar-refractivity contribution in [2.45, 2.75) is 25.9 Å². The third-order valence-corrected chi connectivity index (χ3v) is 6.11. The first-order chi connectivity index (χ1) is 14.9. The second kappa shape index (κ2) is 8.43. The summed E-state index contributed by atoms with van der Waals surface area (Å²) in [5, 5.41) is 13.3. The van der Waals surface area contributed by atoms with Gasteiger partial charge >= 0.3 is 0 Å². The van der Waals surface area contributed by atoms with Crippen LogP contribution >= 0.6 is 11.8 Å². The second-order valence-corrected chi connectivity index (χ2v) is 8.14. The van der Waals surface area contributed by atoms with E-state index < -0.39 is 0 Å². The average Bonchev–Trinajstić information content (AvgIpc) is 3.43. The van der Waals surface area contributed by atoms with Gasteiger partial charge in [-0.1, -0.05) is 29.1 Å². The van der Waals surface area contributed by atoms with Gasteiger partial charge in [0.25, 0.3) is 0 Å². The Morgan fingerprint density at radius 3 is 2.65 bits per heavy atom. The lowest BCUT2D eigenvalue weighted by molar-refractivity contribution is 0.102. The van der Waals surface area contributed by atoms with Gasteiger partial charge in [-0.15, -0.1) is 10.2 Å². The van der Waals surface area contributed by atoms with Gasteiger partial charge in [0.05, 0.1) is 18.4 Å². The Morgan fingerprint density at radius 2 is 1.94 bits per heavy atom. The van der Waals surface area contributed by atoms with Crippen molar-refractivity contribution in [2.75, 3.05) is 12.9 Å². The number of ketones is 1. The number of benzene rings is 1. The highest BCUT2D eigenvalue weighted by Gasteiger charge is 2.20. The summed E-state index contributed by atoms with van der Waals surface area (Å²) in [5.74, 6) is 3.08. The molecule has 0 aliphatic heterocycles. The molecular weight excluding hydrogens is 414 g/mol. The molecule has 0 aliphatic rings. The van der Waals surface area contributed by atoms with Crippen LogP contribution in [0.4, 0.5) is 0 Å². The molecule has 0 bridgehead atoms. The average molecular weight is 438 g/mol. The number of aryl methyl sites for hydroxylation is 2. The number of hydrogen-bond acceptors (Lipinski definition) is 7. The zero-order valence-electron chi connectivity index (χ0n) is 18.0. The fourth-order valence-electron chi connectivity index (χ4n) is 3.57. The highest BCUT2D eigenvalue weighted by atomic mass is 32.2. The van der Waals surface area contributed by atoms with E-state index in [2.05, 4.69) is 15.4 Å². The van der Waals surface area contributed by atoms with Gasteiger partial charge in [-0.3, -0.25) is 9.36 Å². The molecule has 0 saturated carbocycles. The first-order valence-electron chi connectivity index (χ1n) is 9.72. The number of hydrogen-bond donors (Lipinski definition) is 0. The molecule has 0 unspecified atom stereocenters. The predicted molar refractivity (Wildman–Crippen MR) is 118 cm³/mol. The summed E-state index contributed by atoms with van der Waals surface area (Å²) in [5.41, 5.74) is 3.28. The molecule has 3 heterocycles. The van der Waals surface area contributed by atoms with Crippen LogP contribution in [-0.2, 0) is 7.05 Å². The first kappa shape index (κ1) is 20.9. The van der Waals surface area contributed by atoms with Gasteiger partial charge in [0, 0.05) is 30.1 Å². The number of thioether (sulfide) groups is 1. The van der Waals surface area contributed by atoms with E-state index in [1.54, 1.807) is 7.11 Å². The zero-order valence-corrected chi connectivity index (χ0v) is 18.9. The maximum absolute atomic E-state index is 13.0. The Kier molecular flexibility index (Phi) is 5.69. The molecule has 4 aromatic rings. The van der Waals surface area contributed by atoms with Crippen molar-refractivity contribution in [1.29, 1.82) is 0 Å². The molecule has 1 aromatic carbocycles. The van der Waals surface area contributed by atoms with Crippen LogP contribution in [0.1, 0.15) is 27.5 Å². The summed E-state index contributed by atoms with van der Waals surface area (Å²) in [6.07, 6.45) is 0. The van der Waals surface area contributed by atoms with Crippen molar-refractivity contribution >= 4 is 17.5 Å². The Labute approximate surface area is 184 Å². The first-order valence-corrected chi connectivity index (χ1v) is 10.7. The molecule has 8 nitrogen and oxygen atoms in total. The smallest absolute Gasteiger partial charge is 0.191 e. The minimum atomic E-state index is 0.0198. The number of Topliss-reactive ketones (excluding diaryl/α,β-unsaturated/α-hetero) is 1. The molecular formula is C22H23N5O3S. The van der Waals surface area contributed by atoms with E-state index in [1.165, 1.54) is 11.8 Å². The Hall–Kier alpha value is -3.33. The minimum Gasteiger partial charge on any atom is -0.496 e. The number of nitrogens with zero attached hydrogens (tertiary/aromatic N) is 5. The van der Waals surface area contributed by atoms with E-state index in [0.717, 1.165) is 28.5 Å². The number of ether oxygens (including phenoxy) is 1. The van der Waals surface area contributed by atoms with Crippen LogP contribution in [0.3, 0.4) is 0 Å². The summed E-state index contributed by atoms with van der Waals surface area (Å²) in [7, 11) is 3.51. The van der Waals surface area contributed by atoms with Crippen molar-refractivity contribution in [1.82, 2.24) is 24.5 Å². The third-order valence-electron chi connectivity index (χ3n) is 5.09. The Balaban J connectivity index is 1.53. The molecule has 3 aromatic heterocycles. The van der Waals surface area contributed by atoms with Crippen molar-refractivity contribution in [3.8, 4) is 23.0 Å². The van der Waals surface area contributed by atoms with Crippen molar-refractivity contribution < 1.29 is 14.1 Å². The molecule has 160 valence electrons. The van der Waals surface area contributed by atoms with Crippen LogP contribution in [0, 0.1) is 20.8 Å². The van der Waals surface area contributed by atoms with Crippen LogP contribution in [0.15, 0.2) is 46.1 Å². The van der Waals surface area contributed by atoms with Crippen molar-refractivity contribution in [3.05, 3.63) is 59.1 Å². The lowest BCUT2D eigenvalue weighted by Crippen LogP contribution is -2.06. The molecule has 0 saturated heterocycles. The topological polar surface area (TPSA) is 88.0 Å². The molecule has 0 atom stereocenters. The molecule has 9 heteroatoms. The fourth-order valence-corrected chi connectivity index (χ4v) is 4.36. The van der Waals surface area contributed by atoms with Gasteiger partial charge in [0.2, 0.25) is 0 Å². The predicted octanol–water partition coefficient (Wildman–Crippen LogP) is 4.17. The third kappa shape index (κ3) is 3.88. The Bertz CT molecular complexity index is 1250. The quantitative estimate of drug-likeness (QED) is 0.317. The van der Waals surface area contributed by atoms with Gasteiger partial charge in [0.15, 0.2) is 22.6 Å². The second-order valence-electron chi connectivity index (χ2n) is 7.19. The van der Waals surface area contributed by atoms with Crippen LogP contribution in [-0.4, -0.2) is 43.1 Å². The number of para-hydroxylation sites is 1. The highest BCUT2D eigenvalue weighted by molar-refractivity contribution is 7.99. The van der Waals surface area contributed by atoms with Gasteiger partial charge in [-0.2, -0.15) is 0 Å². The van der Waals surface area contributed by atoms with E-state index in [4.69, 9.17) is 9.26 Å². The zero-order chi connectivity index (χ0) is 22.1.